The predicted octanol–water partition coefficient (Wildman–Crippen LogP) is 7.77. The molecule has 0 atom stereocenters. The molecule has 0 unspecified atom stereocenters. The molecule has 0 spiro atoms. The molecule has 25 nitrogen and oxygen atoms in total. The summed E-state index contributed by atoms with van der Waals surface area (Å²) in [6, 6.07) is 17.1. The molecule has 6 aromatic rings. The van der Waals surface area contributed by atoms with Crippen molar-refractivity contribution >= 4 is 99.3 Å². The van der Waals surface area contributed by atoms with Gasteiger partial charge in [-0.2, -0.15) is 37.3 Å². The van der Waals surface area contributed by atoms with E-state index in [1.165, 1.54) is 36.4 Å². The number of non-ortho nitro benzene ring substituents is 3. The average molecular weight is 935 g/mol. The number of nitrogens with two attached hydrogens (primary N) is 1. The minimum absolute atomic E-state index is 0. The number of hydrogen-bond donors (Lipinski definition) is 4. The summed E-state index contributed by atoms with van der Waals surface area (Å²) in [4.78, 5) is 29.5. The number of azo groups is 3. The molecule has 1 radical (unpaired) electrons. The van der Waals surface area contributed by atoms with E-state index in [9.17, 15) is 66.5 Å². The summed E-state index contributed by atoms with van der Waals surface area (Å²) in [5, 5.41) is 85.9. The number of nitrogens with one attached hydrogen (secondary N) is 1. The van der Waals surface area contributed by atoms with E-state index < -0.39 is 95.8 Å². The quantitative estimate of drug-likeness (QED) is 0.0214. The zero-order chi connectivity index (χ0) is 44.4. The second kappa shape index (κ2) is 17.8. The summed E-state index contributed by atoms with van der Waals surface area (Å²) >= 11 is 0. The zero-order valence-electron chi connectivity index (χ0n) is 30.3. The fraction of sp³-hybridized carbons (Fsp3) is 0. The first kappa shape index (κ1) is 45.2. The Morgan fingerprint density at radius 2 is 1.05 bits per heavy atom. The van der Waals surface area contributed by atoms with Crippen LogP contribution in [0.2, 0.25) is 0 Å². The van der Waals surface area contributed by atoms with E-state index in [1.54, 1.807) is 0 Å². The maximum absolute atomic E-state index is 13.7. The Hall–Kier alpha value is -7.88. The Morgan fingerprint density at radius 1 is 0.548 bits per heavy atom. The Balaban J connectivity index is 0.00000726. The van der Waals surface area contributed by atoms with Crippen molar-refractivity contribution in [2.45, 2.75) is 9.79 Å². The first-order valence-corrected chi connectivity index (χ1v) is 19.2. The van der Waals surface area contributed by atoms with Crippen LogP contribution in [0.1, 0.15) is 0 Å². The summed E-state index contributed by atoms with van der Waals surface area (Å²) in [7, 11) is -9.98. The van der Waals surface area contributed by atoms with Crippen molar-refractivity contribution in [2.75, 3.05) is 11.1 Å². The summed E-state index contributed by atoms with van der Waals surface area (Å²) in [5.41, 5.74) is 2.54. The van der Waals surface area contributed by atoms with E-state index >= 15 is 0 Å². The number of nitrogen functional groups attached to an aromatic ring is 1. The van der Waals surface area contributed by atoms with Crippen LogP contribution >= 0.6 is 0 Å². The average Bonchev–Trinajstić information content (AvgIpc) is 3.20. The molecule has 6 rings (SSSR count). The van der Waals surface area contributed by atoms with Crippen LogP contribution in [0.4, 0.5) is 68.2 Å². The predicted molar refractivity (Wildman–Crippen MR) is 208 cm³/mol. The van der Waals surface area contributed by atoms with Crippen LogP contribution in [0.15, 0.2) is 138 Å². The second-order valence-electron chi connectivity index (χ2n) is 12.1. The van der Waals surface area contributed by atoms with Crippen LogP contribution in [0.3, 0.4) is 0 Å². The van der Waals surface area contributed by atoms with Gasteiger partial charge in [0, 0.05) is 52.9 Å². The van der Waals surface area contributed by atoms with Crippen LogP contribution < -0.4 is 21.3 Å². The maximum Gasteiger partial charge on any atom is 2.00 e. The largest absolute Gasteiger partial charge is 2.00 e. The fourth-order valence-electron chi connectivity index (χ4n) is 5.34. The molecule has 0 bridgehead atoms. The summed E-state index contributed by atoms with van der Waals surface area (Å²) in [6.07, 6.45) is 0. The molecule has 0 saturated heterocycles. The van der Waals surface area contributed by atoms with Crippen LogP contribution in [-0.2, 0) is 37.3 Å². The van der Waals surface area contributed by atoms with Crippen LogP contribution in [-0.4, -0.2) is 40.7 Å². The zero-order valence-corrected chi connectivity index (χ0v) is 32.8. The third-order valence-electron chi connectivity index (χ3n) is 8.22. The van der Waals surface area contributed by atoms with Crippen molar-refractivity contribution in [3.8, 4) is 11.5 Å². The van der Waals surface area contributed by atoms with Gasteiger partial charge < -0.3 is 21.3 Å². The van der Waals surface area contributed by atoms with Gasteiger partial charge in [0.05, 0.1) is 48.9 Å². The molecule has 0 heterocycles. The number of benzene rings is 6. The van der Waals surface area contributed by atoms with Gasteiger partial charge in [0.1, 0.15) is 21.2 Å². The van der Waals surface area contributed by atoms with E-state index in [0.717, 1.165) is 48.5 Å². The van der Waals surface area contributed by atoms with Crippen LogP contribution in [0, 0.1) is 30.3 Å². The molecule has 5 N–H and O–H groups in total. The van der Waals surface area contributed by atoms with Crippen molar-refractivity contribution in [3.05, 3.63) is 127 Å². The first-order chi connectivity index (χ1) is 28.7. The summed E-state index contributed by atoms with van der Waals surface area (Å²) in [6.45, 7) is 0. The van der Waals surface area contributed by atoms with Crippen LogP contribution in [0.25, 0.3) is 10.8 Å². The Morgan fingerprint density at radius 3 is 1.63 bits per heavy atom. The van der Waals surface area contributed by atoms with Gasteiger partial charge >= 0.3 is 17.1 Å². The topological polar surface area (TPSA) is 396 Å². The molecule has 28 heteroatoms. The molecule has 62 heavy (non-hydrogen) atoms. The van der Waals surface area contributed by atoms with E-state index in [0.29, 0.717) is 12.1 Å². The standard InChI is InChI=1S/C34H23N11O14S2.Cu/c35-31-26(39-37-18-3-1-17(2-4-18)36-25-12-10-22(45(52)53)14-30(25)61(57,58)59)15-27(34(47)33(31)42-38-19-5-7-20(8-6-19)43(48)49)40-41-32-23-11-9-21(44(50)51)13-24(23)29(16-28(32)46)60(54,55)56;/h1-16,36,46-47H,35H2,(H,54,55,56)(H,57,58,59);/q;+2/p-2. The van der Waals surface area contributed by atoms with E-state index in [2.05, 4.69) is 36.0 Å². The number of nitro groups is 3. The van der Waals surface area contributed by atoms with Crippen molar-refractivity contribution in [2.24, 2.45) is 30.7 Å². The number of anilines is 3. The smallest absolute Gasteiger partial charge is 0.871 e. The van der Waals surface area contributed by atoms with Crippen molar-refractivity contribution in [1.82, 2.24) is 0 Å². The fourth-order valence-corrected chi connectivity index (χ4v) is 6.71. The van der Waals surface area contributed by atoms with Crippen LogP contribution in [0.5, 0.6) is 11.5 Å². The monoisotopic (exact) mass is 934 g/mol. The van der Waals surface area contributed by atoms with Gasteiger partial charge in [-0.05, 0) is 66.4 Å². The molecule has 0 aliphatic carbocycles. The normalized spacial score (nSPS) is 11.9. The number of hydrogen-bond acceptors (Lipinski definition) is 20. The number of nitro benzene ring substituents is 3. The molecule has 0 aliphatic heterocycles. The summed E-state index contributed by atoms with van der Waals surface area (Å²) < 4.78 is 67.4. The Bertz CT molecular complexity index is 3130. The maximum atomic E-state index is 13.7. The minimum atomic E-state index is -5.09. The minimum Gasteiger partial charge on any atom is -0.871 e. The Kier molecular flexibility index (Phi) is 13.0. The van der Waals surface area contributed by atoms with Gasteiger partial charge in [0.2, 0.25) is 0 Å². The molecule has 0 saturated carbocycles. The van der Waals surface area contributed by atoms with Gasteiger partial charge in [0.15, 0.2) is 0 Å². The molecule has 6 aromatic carbocycles. The van der Waals surface area contributed by atoms with Gasteiger partial charge in [0.25, 0.3) is 37.3 Å². The molecule has 0 fully saturated rings. The molecular weight excluding hydrogens is 914 g/mol. The number of nitrogens with zero attached hydrogens (tertiary/aromatic N) is 9. The van der Waals surface area contributed by atoms with Gasteiger partial charge in [-0.1, -0.05) is 5.75 Å². The molecule has 319 valence electrons. The molecule has 0 aromatic heterocycles. The molecule has 0 aliphatic rings. The van der Waals surface area contributed by atoms with Crippen molar-refractivity contribution < 1.29 is 68.0 Å². The van der Waals surface area contributed by atoms with Gasteiger partial charge in [-0.3, -0.25) is 39.4 Å². The molecular formula is C34H21CuN11O14S2. The first-order valence-electron chi connectivity index (χ1n) is 16.4. The van der Waals surface area contributed by atoms with E-state index in [1.807, 2.05) is 0 Å². The second-order valence-corrected chi connectivity index (χ2v) is 14.9. The van der Waals surface area contributed by atoms with E-state index in [-0.39, 0.29) is 56.6 Å². The Labute approximate surface area is 356 Å². The number of fused-ring (bicyclic) bond motifs is 1. The third-order valence-corrected chi connectivity index (χ3v) is 10.0. The van der Waals surface area contributed by atoms with Crippen molar-refractivity contribution in [1.29, 1.82) is 0 Å². The number of rotatable bonds is 13. The SMILES string of the molecule is Nc1c(N=Nc2ccc(Nc3ccc([N+](=O)[O-])cc3S(=O)(=O)O)cc2)cc(N=Nc2c([O-])cc(S(=O)(=O)O)c3cc([N+](=O)[O-])ccc23)c([O-])c1N=Nc1ccc([N+](=O)[O-])cc1.[Cu+2]. The van der Waals surface area contributed by atoms with Crippen molar-refractivity contribution in [3.63, 3.8) is 0 Å². The third kappa shape index (κ3) is 9.93. The van der Waals surface area contributed by atoms with Gasteiger partial charge in [-0.25, -0.2) is 0 Å². The molecule has 0 amide bonds. The summed E-state index contributed by atoms with van der Waals surface area (Å²) in [5.74, 6) is -2.17. The van der Waals surface area contributed by atoms with E-state index in [4.69, 9.17) is 5.73 Å². The van der Waals surface area contributed by atoms with Gasteiger partial charge in [-0.15, -0.1) is 10.2 Å².